The molecule has 3 aromatic rings. The van der Waals surface area contributed by atoms with Crippen molar-refractivity contribution in [3.63, 3.8) is 0 Å². The number of methoxy groups -OCH3 is 1. The molecule has 0 radical (unpaired) electrons. The molecule has 0 aliphatic carbocycles. The highest BCUT2D eigenvalue weighted by Gasteiger charge is 2.38. The lowest BCUT2D eigenvalue weighted by molar-refractivity contribution is -0.135. The third kappa shape index (κ3) is 4.19. The second-order valence-electron chi connectivity index (χ2n) is 8.54. The Bertz CT molecular complexity index is 1280. The number of amides is 1. The Kier molecular flexibility index (Phi) is 6.09. The van der Waals surface area contributed by atoms with Crippen molar-refractivity contribution < 1.29 is 17.9 Å². The third-order valence-corrected chi connectivity index (χ3v) is 8.46. The summed E-state index contributed by atoms with van der Waals surface area (Å²) < 4.78 is 32.4. The number of carbonyl (C=O) groups excluding carboxylic acids is 1. The number of anilines is 1. The number of hydrogen-bond donors (Lipinski definition) is 0. The maximum absolute atomic E-state index is 13.2. The number of rotatable bonds is 5. The number of benzene rings is 1. The van der Waals surface area contributed by atoms with Crippen LogP contribution in [-0.4, -0.2) is 79.9 Å². The summed E-state index contributed by atoms with van der Waals surface area (Å²) in [6.07, 6.45) is 3.64. The molecule has 0 bridgehead atoms. The zero-order chi connectivity index (χ0) is 23.7. The zero-order valence-electron chi connectivity index (χ0n) is 19.0. The number of sulfonamides is 1. The second kappa shape index (κ2) is 9.19. The van der Waals surface area contributed by atoms with Crippen LogP contribution in [0.25, 0.3) is 10.9 Å². The van der Waals surface area contributed by atoms with Gasteiger partial charge < -0.3 is 14.5 Å². The van der Waals surface area contributed by atoms with Gasteiger partial charge in [-0.25, -0.2) is 13.4 Å². The molecule has 2 saturated heterocycles. The molecule has 1 atom stereocenters. The lowest BCUT2D eigenvalue weighted by Gasteiger charge is -2.37. The summed E-state index contributed by atoms with van der Waals surface area (Å²) in [6.45, 7) is 3.20. The summed E-state index contributed by atoms with van der Waals surface area (Å²) in [5, 5.41) is 1.11. The number of hydrogen-bond acceptors (Lipinski definition) is 7. The van der Waals surface area contributed by atoms with E-state index in [4.69, 9.17) is 4.74 Å². The summed E-state index contributed by atoms with van der Waals surface area (Å²) >= 11 is 0. The summed E-state index contributed by atoms with van der Waals surface area (Å²) in [4.78, 5) is 25.9. The van der Waals surface area contributed by atoms with Crippen LogP contribution in [0.2, 0.25) is 0 Å². The lowest BCUT2D eigenvalue weighted by atomic mass is 10.1. The molecule has 5 rings (SSSR count). The van der Waals surface area contributed by atoms with Gasteiger partial charge in [-0.2, -0.15) is 4.31 Å². The van der Waals surface area contributed by atoms with E-state index < -0.39 is 10.0 Å². The number of carbonyl (C=O) groups is 1. The van der Waals surface area contributed by atoms with Crippen LogP contribution in [-0.2, 0) is 14.8 Å². The van der Waals surface area contributed by atoms with Gasteiger partial charge >= 0.3 is 0 Å². The van der Waals surface area contributed by atoms with Crippen LogP contribution in [0.3, 0.4) is 0 Å². The van der Waals surface area contributed by atoms with Crippen LogP contribution in [0.4, 0.5) is 5.69 Å². The maximum atomic E-state index is 13.2. The van der Waals surface area contributed by atoms with Crippen LogP contribution in [0.15, 0.2) is 59.8 Å². The molecular formula is C24H27N5O4S. The van der Waals surface area contributed by atoms with E-state index in [2.05, 4.69) is 20.9 Å². The average molecular weight is 482 g/mol. The van der Waals surface area contributed by atoms with Crippen molar-refractivity contribution in [1.29, 1.82) is 0 Å². The van der Waals surface area contributed by atoms with Gasteiger partial charge in [0.05, 0.1) is 24.7 Å². The predicted molar refractivity (Wildman–Crippen MR) is 128 cm³/mol. The Hall–Kier alpha value is -3.24. The minimum absolute atomic E-state index is 0.0322. The van der Waals surface area contributed by atoms with Crippen LogP contribution in [0, 0.1) is 5.92 Å². The van der Waals surface area contributed by atoms with Crippen molar-refractivity contribution in [3.8, 4) is 5.88 Å². The van der Waals surface area contributed by atoms with Gasteiger partial charge in [-0.1, -0.05) is 18.2 Å². The molecule has 9 nitrogen and oxygen atoms in total. The van der Waals surface area contributed by atoms with Gasteiger partial charge in [0.15, 0.2) is 0 Å². The van der Waals surface area contributed by atoms with Crippen molar-refractivity contribution in [3.05, 3.63) is 54.9 Å². The lowest BCUT2D eigenvalue weighted by Crippen LogP contribution is -2.50. The molecule has 2 aliphatic heterocycles. The molecule has 0 N–H and O–H groups in total. The Morgan fingerprint density at radius 3 is 2.53 bits per heavy atom. The van der Waals surface area contributed by atoms with Gasteiger partial charge in [-0.15, -0.1) is 0 Å². The van der Waals surface area contributed by atoms with E-state index in [9.17, 15) is 13.2 Å². The van der Waals surface area contributed by atoms with Crippen molar-refractivity contribution in [2.75, 3.05) is 51.3 Å². The molecule has 1 aromatic carbocycles. The summed E-state index contributed by atoms with van der Waals surface area (Å²) in [5.74, 6) is 0.0615. The van der Waals surface area contributed by atoms with Crippen molar-refractivity contribution in [1.82, 2.24) is 19.2 Å². The minimum atomic E-state index is -3.70. The van der Waals surface area contributed by atoms with Gasteiger partial charge in [-0.05, 0) is 24.6 Å². The van der Waals surface area contributed by atoms with Crippen LogP contribution in [0.5, 0.6) is 5.88 Å². The number of para-hydroxylation sites is 1. The fraction of sp³-hybridized carbons (Fsp3) is 0.375. The maximum Gasteiger partial charge on any atom is 0.244 e. The van der Waals surface area contributed by atoms with E-state index in [1.54, 1.807) is 0 Å². The number of aromatic nitrogens is 2. The molecule has 0 saturated carbocycles. The monoisotopic (exact) mass is 481 g/mol. The van der Waals surface area contributed by atoms with Crippen molar-refractivity contribution in [2.45, 2.75) is 11.3 Å². The molecular weight excluding hydrogens is 454 g/mol. The minimum Gasteiger partial charge on any atom is -0.481 e. The fourth-order valence-corrected chi connectivity index (χ4v) is 6.17. The number of nitrogens with zero attached hydrogens (tertiary/aromatic N) is 5. The highest BCUT2D eigenvalue weighted by atomic mass is 32.2. The summed E-state index contributed by atoms with van der Waals surface area (Å²) in [6, 6.07) is 13.1. The quantitative estimate of drug-likeness (QED) is 0.550. The first-order valence-electron chi connectivity index (χ1n) is 11.3. The smallest absolute Gasteiger partial charge is 0.244 e. The first-order chi connectivity index (χ1) is 16.5. The second-order valence-corrected chi connectivity index (χ2v) is 10.5. The molecule has 0 spiro atoms. The van der Waals surface area contributed by atoms with E-state index in [1.165, 1.54) is 29.7 Å². The Balaban J connectivity index is 1.21. The van der Waals surface area contributed by atoms with Gasteiger partial charge in [0.2, 0.25) is 21.8 Å². The first-order valence-corrected chi connectivity index (χ1v) is 12.8. The Morgan fingerprint density at radius 2 is 1.79 bits per heavy atom. The molecule has 2 fully saturated rings. The topological polar surface area (TPSA) is 95.9 Å². The number of fused-ring (bicyclic) bond motifs is 1. The van der Waals surface area contributed by atoms with Gasteiger partial charge in [0, 0.05) is 62.6 Å². The summed E-state index contributed by atoms with van der Waals surface area (Å²) in [7, 11) is -2.22. The first kappa shape index (κ1) is 22.5. The summed E-state index contributed by atoms with van der Waals surface area (Å²) in [5.41, 5.74) is 2.08. The fourth-order valence-electron chi connectivity index (χ4n) is 4.72. The number of piperazine rings is 1. The van der Waals surface area contributed by atoms with Crippen LogP contribution < -0.4 is 9.64 Å². The molecule has 178 valence electrons. The normalized spacial score (nSPS) is 19.5. The van der Waals surface area contributed by atoms with E-state index in [0.717, 1.165) is 29.7 Å². The standard InChI is InChI=1S/C24H27N5O4S/c1-33-23-7-6-19(16-26-23)34(31,32)29-11-9-18(17-29)24(30)28-14-12-27(13-15-28)22-8-10-25-21-5-3-2-4-20(21)22/h2-8,10,16,18H,9,11-15,17H2,1H3. The van der Waals surface area contributed by atoms with Gasteiger partial charge in [-0.3, -0.25) is 9.78 Å². The highest BCUT2D eigenvalue weighted by molar-refractivity contribution is 7.89. The van der Waals surface area contributed by atoms with Crippen LogP contribution >= 0.6 is 0 Å². The van der Waals surface area contributed by atoms with E-state index in [0.29, 0.717) is 31.9 Å². The highest BCUT2D eigenvalue weighted by Crippen LogP contribution is 2.28. The zero-order valence-corrected chi connectivity index (χ0v) is 19.8. The third-order valence-electron chi connectivity index (χ3n) is 6.61. The number of pyridine rings is 2. The molecule has 2 aliphatic rings. The molecule has 34 heavy (non-hydrogen) atoms. The van der Waals surface area contributed by atoms with Crippen molar-refractivity contribution in [2.24, 2.45) is 5.92 Å². The predicted octanol–water partition coefficient (Wildman–Crippen LogP) is 2.00. The van der Waals surface area contributed by atoms with Gasteiger partial charge in [0.25, 0.3) is 0 Å². The molecule has 1 unspecified atom stereocenters. The molecule has 1 amide bonds. The molecule has 10 heteroatoms. The average Bonchev–Trinajstić information content (AvgIpc) is 3.39. The number of ether oxygens (including phenoxy) is 1. The largest absolute Gasteiger partial charge is 0.481 e. The SMILES string of the molecule is COc1ccc(S(=O)(=O)N2CCC(C(=O)N3CCN(c4ccnc5ccccc45)CC3)C2)cn1. The van der Waals surface area contributed by atoms with Crippen molar-refractivity contribution >= 4 is 32.5 Å². The van der Waals surface area contributed by atoms with E-state index in [-0.39, 0.29) is 23.3 Å². The molecule has 4 heterocycles. The van der Waals surface area contributed by atoms with E-state index in [1.807, 2.05) is 35.4 Å². The Morgan fingerprint density at radius 1 is 1.00 bits per heavy atom. The van der Waals surface area contributed by atoms with Gasteiger partial charge in [0.1, 0.15) is 4.90 Å². The Labute approximate surface area is 199 Å². The molecule has 2 aromatic heterocycles. The van der Waals surface area contributed by atoms with E-state index >= 15 is 0 Å². The van der Waals surface area contributed by atoms with Crippen LogP contribution in [0.1, 0.15) is 6.42 Å².